The molecule has 0 aliphatic carbocycles. The SMILES string of the molecule is N#Cc1cccc(C#CCCS)c1. The molecule has 0 saturated heterocycles. The number of nitrogens with zero attached hydrogens (tertiary/aromatic N) is 1. The van der Waals surface area contributed by atoms with Crippen LogP contribution in [0, 0.1) is 23.2 Å². The molecule has 13 heavy (non-hydrogen) atoms. The van der Waals surface area contributed by atoms with E-state index in [1.807, 2.05) is 12.1 Å². The molecule has 0 bridgehead atoms. The van der Waals surface area contributed by atoms with Crippen molar-refractivity contribution < 1.29 is 0 Å². The van der Waals surface area contributed by atoms with Crippen LogP contribution in [0.2, 0.25) is 0 Å². The molecule has 0 aliphatic heterocycles. The van der Waals surface area contributed by atoms with E-state index in [4.69, 9.17) is 5.26 Å². The van der Waals surface area contributed by atoms with Crippen LogP contribution in [-0.4, -0.2) is 5.75 Å². The molecule has 0 radical (unpaired) electrons. The van der Waals surface area contributed by atoms with Gasteiger partial charge in [0.1, 0.15) is 0 Å². The third-order valence-corrected chi connectivity index (χ3v) is 1.68. The lowest BCUT2D eigenvalue weighted by molar-refractivity contribution is 1.31. The van der Waals surface area contributed by atoms with Crippen LogP contribution >= 0.6 is 12.6 Å². The zero-order valence-electron chi connectivity index (χ0n) is 7.12. The average molecular weight is 187 g/mol. The standard InChI is InChI=1S/C11H9NS/c12-9-11-6-3-5-10(8-11)4-1-2-7-13/h3,5-6,8,13H,2,7H2. The lowest BCUT2D eigenvalue weighted by Gasteiger charge is -1.89. The fourth-order valence-corrected chi connectivity index (χ4v) is 0.999. The molecule has 1 aromatic carbocycles. The van der Waals surface area contributed by atoms with Gasteiger partial charge < -0.3 is 0 Å². The Labute approximate surface area is 83.8 Å². The van der Waals surface area contributed by atoms with Crippen molar-refractivity contribution in [3.8, 4) is 17.9 Å². The Bertz CT molecular complexity index is 379. The van der Waals surface area contributed by atoms with E-state index in [-0.39, 0.29) is 0 Å². The third kappa shape index (κ3) is 3.23. The minimum Gasteiger partial charge on any atom is -0.192 e. The monoisotopic (exact) mass is 187 g/mol. The van der Waals surface area contributed by atoms with Crippen molar-refractivity contribution in [3.63, 3.8) is 0 Å². The van der Waals surface area contributed by atoms with Gasteiger partial charge in [-0.05, 0) is 18.2 Å². The number of nitriles is 1. The lowest BCUT2D eigenvalue weighted by Crippen LogP contribution is -1.77. The van der Waals surface area contributed by atoms with Crippen LogP contribution in [-0.2, 0) is 0 Å². The van der Waals surface area contributed by atoms with Gasteiger partial charge in [0.05, 0.1) is 11.6 Å². The summed E-state index contributed by atoms with van der Waals surface area (Å²) >= 11 is 4.05. The first-order chi connectivity index (χ1) is 6.36. The molecule has 0 spiro atoms. The summed E-state index contributed by atoms with van der Waals surface area (Å²) in [7, 11) is 0. The predicted molar refractivity (Wildman–Crippen MR) is 56.5 cm³/mol. The van der Waals surface area contributed by atoms with Crippen molar-refractivity contribution in [1.29, 1.82) is 5.26 Å². The Balaban J connectivity index is 2.81. The zero-order chi connectivity index (χ0) is 9.52. The molecule has 0 aliphatic rings. The molecule has 1 nitrogen and oxygen atoms in total. The second-order valence-electron chi connectivity index (χ2n) is 2.47. The van der Waals surface area contributed by atoms with Crippen molar-refractivity contribution >= 4 is 12.6 Å². The summed E-state index contributed by atoms with van der Waals surface area (Å²) in [4.78, 5) is 0. The van der Waals surface area contributed by atoms with Gasteiger partial charge in [0, 0.05) is 17.7 Å². The maximum absolute atomic E-state index is 8.62. The minimum absolute atomic E-state index is 0.651. The normalized spacial score (nSPS) is 8.31. The van der Waals surface area contributed by atoms with E-state index in [0.717, 1.165) is 17.7 Å². The van der Waals surface area contributed by atoms with Crippen LogP contribution in [0.15, 0.2) is 24.3 Å². The smallest absolute Gasteiger partial charge is 0.0992 e. The van der Waals surface area contributed by atoms with Crippen LogP contribution < -0.4 is 0 Å². The van der Waals surface area contributed by atoms with E-state index >= 15 is 0 Å². The van der Waals surface area contributed by atoms with Gasteiger partial charge in [0.15, 0.2) is 0 Å². The third-order valence-electron chi connectivity index (χ3n) is 1.46. The largest absolute Gasteiger partial charge is 0.192 e. The van der Waals surface area contributed by atoms with Gasteiger partial charge in [-0.3, -0.25) is 0 Å². The molecule has 0 N–H and O–H groups in total. The van der Waals surface area contributed by atoms with Gasteiger partial charge >= 0.3 is 0 Å². The summed E-state index contributed by atoms with van der Waals surface area (Å²) in [5, 5.41) is 8.62. The van der Waals surface area contributed by atoms with Crippen molar-refractivity contribution in [2.45, 2.75) is 6.42 Å². The molecular formula is C11H9NS. The molecule has 0 heterocycles. The number of hydrogen-bond donors (Lipinski definition) is 1. The van der Waals surface area contributed by atoms with E-state index < -0.39 is 0 Å². The second kappa shape index (κ2) is 5.30. The van der Waals surface area contributed by atoms with Crippen molar-refractivity contribution in [3.05, 3.63) is 35.4 Å². The summed E-state index contributed by atoms with van der Waals surface area (Å²) in [6, 6.07) is 9.36. The van der Waals surface area contributed by atoms with Gasteiger partial charge in [-0.25, -0.2) is 0 Å². The van der Waals surface area contributed by atoms with E-state index in [1.54, 1.807) is 12.1 Å². The minimum atomic E-state index is 0.651. The molecule has 0 aromatic heterocycles. The Hall–Kier alpha value is -1.38. The number of benzene rings is 1. The van der Waals surface area contributed by atoms with Gasteiger partial charge in [-0.1, -0.05) is 17.9 Å². The summed E-state index contributed by atoms with van der Waals surface area (Å²) in [5.41, 5.74) is 1.54. The fourth-order valence-electron chi connectivity index (χ4n) is 0.887. The number of rotatable bonds is 1. The van der Waals surface area contributed by atoms with E-state index in [2.05, 4.69) is 30.5 Å². The topological polar surface area (TPSA) is 23.8 Å². The summed E-state index contributed by atoms with van der Waals surface area (Å²) in [6.45, 7) is 0. The molecule has 2 heteroatoms. The Kier molecular flexibility index (Phi) is 3.96. The highest BCUT2D eigenvalue weighted by Gasteiger charge is 1.89. The lowest BCUT2D eigenvalue weighted by atomic mass is 10.1. The summed E-state index contributed by atoms with van der Waals surface area (Å²) in [6.07, 6.45) is 0.778. The maximum atomic E-state index is 8.62. The fraction of sp³-hybridized carbons (Fsp3) is 0.182. The Morgan fingerprint density at radius 2 is 2.08 bits per heavy atom. The first-order valence-corrected chi connectivity index (χ1v) is 4.60. The van der Waals surface area contributed by atoms with E-state index in [1.165, 1.54) is 0 Å². The second-order valence-corrected chi connectivity index (χ2v) is 2.92. The molecule has 0 amide bonds. The molecule has 0 atom stereocenters. The number of hydrogen-bond acceptors (Lipinski definition) is 2. The van der Waals surface area contributed by atoms with Crippen molar-refractivity contribution in [1.82, 2.24) is 0 Å². The predicted octanol–water partition coefficient (Wildman–Crippen LogP) is 2.23. The Morgan fingerprint density at radius 3 is 2.77 bits per heavy atom. The maximum Gasteiger partial charge on any atom is 0.0992 e. The van der Waals surface area contributed by atoms with Crippen LogP contribution in [0.4, 0.5) is 0 Å². The highest BCUT2D eigenvalue weighted by atomic mass is 32.1. The van der Waals surface area contributed by atoms with E-state index in [0.29, 0.717) is 5.56 Å². The first-order valence-electron chi connectivity index (χ1n) is 3.96. The van der Waals surface area contributed by atoms with Crippen LogP contribution in [0.5, 0.6) is 0 Å². The summed E-state index contributed by atoms with van der Waals surface area (Å²) in [5.74, 6) is 6.71. The molecule has 64 valence electrons. The highest BCUT2D eigenvalue weighted by molar-refractivity contribution is 7.80. The van der Waals surface area contributed by atoms with Crippen molar-refractivity contribution in [2.75, 3.05) is 5.75 Å². The zero-order valence-corrected chi connectivity index (χ0v) is 8.01. The first kappa shape index (κ1) is 9.71. The molecule has 1 aromatic rings. The molecule has 0 fully saturated rings. The summed E-state index contributed by atoms with van der Waals surface area (Å²) < 4.78 is 0. The van der Waals surface area contributed by atoms with Gasteiger partial charge in [0.2, 0.25) is 0 Å². The van der Waals surface area contributed by atoms with Crippen LogP contribution in [0.3, 0.4) is 0 Å². The van der Waals surface area contributed by atoms with Crippen molar-refractivity contribution in [2.24, 2.45) is 0 Å². The van der Waals surface area contributed by atoms with Crippen LogP contribution in [0.1, 0.15) is 17.5 Å². The quantitative estimate of drug-likeness (QED) is 0.529. The Morgan fingerprint density at radius 1 is 1.31 bits per heavy atom. The van der Waals surface area contributed by atoms with Crippen LogP contribution in [0.25, 0.3) is 0 Å². The van der Waals surface area contributed by atoms with E-state index in [9.17, 15) is 0 Å². The van der Waals surface area contributed by atoms with Gasteiger partial charge in [-0.2, -0.15) is 17.9 Å². The average Bonchev–Trinajstić information content (AvgIpc) is 2.19. The molecule has 1 rings (SSSR count). The molecular weight excluding hydrogens is 178 g/mol. The van der Waals surface area contributed by atoms with Gasteiger partial charge in [-0.15, -0.1) is 0 Å². The highest BCUT2D eigenvalue weighted by Crippen LogP contribution is 2.02. The van der Waals surface area contributed by atoms with Gasteiger partial charge in [0.25, 0.3) is 0 Å². The molecule has 0 unspecified atom stereocenters. The number of thiol groups is 1. The molecule has 0 saturated carbocycles.